The number of nitrogens with one attached hydrogen (secondary N) is 1. The van der Waals surface area contributed by atoms with Crippen LogP contribution in [0.4, 0.5) is 4.79 Å². The molecular formula is C15H21N3O2. The van der Waals surface area contributed by atoms with Gasteiger partial charge in [-0.25, -0.2) is 4.79 Å². The molecule has 0 bridgehead atoms. The fourth-order valence-electron chi connectivity index (χ4n) is 2.28. The summed E-state index contributed by atoms with van der Waals surface area (Å²) in [5.74, 6) is 0.250. The van der Waals surface area contributed by atoms with Crippen LogP contribution in [-0.4, -0.2) is 29.9 Å². The number of nitrogens with zero attached hydrogens (tertiary/aromatic N) is 1. The molecule has 2 rings (SSSR count). The van der Waals surface area contributed by atoms with Crippen molar-refractivity contribution in [2.24, 2.45) is 5.73 Å². The van der Waals surface area contributed by atoms with Gasteiger partial charge in [-0.1, -0.05) is 38.1 Å². The number of benzene rings is 1. The van der Waals surface area contributed by atoms with Crippen molar-refractivity contribution in [1.29, 1.82) is 0 Å². The summed E-state index contributed by atoms with van der Waals surface area (Å²) < 4.78 is 0. The number of hydrogen-bond acceptors (Lipinski definition) is 3. The van der Waals surface area contributed by atoms with Crippen LogP contribution < -0.4 is 11.1 Å². The average Bonchev–Trinajstić information content (AvgIpc) is 2.72. The third-order valence-electron chi connectivity index (χ3n) is 3.55. The van der Waals surface area contributed by atoms with Gasteiger partial charge in [0.1, 0.15) is 6.04 Å². The second-order valence-corrected chi connectivity index (χ2v) is 5.34. The van der Waals surface area contributed by atoms with Crippen molar-refractivity contribution < 1.29 is 9.59 Å². The zero-order valence-electron chi connectivity index (χ0n) is 11.9. The van der Waals surface area contributed by atoms with Gasteiger partial charge in [0.15, 0.2) is 0 Å². The van der Waals surface area contributed by atoms with Crippen LogP contribution in [-0.2, 0) is 4.79 Å². The molecule has 1 aliphatic rings. The zero-order chi connectivity index (χ0) is 14.7. The van der Waals surface area contributed by atoms with Gasteiger partial charge in [-0.2, -0.15) is 0 Å². The molecule has 1 unspecified atom stereocenters. The van der Waals surface area contributed by atoms with Crippen LogP contribution in [0.3, 0.4) is 0 Å². The molecular weight excluding hydrogens is 254 g/mol. The lowest BCUT2D eigenvalue weighted by molar-refractivity contribution is -0.127. The number of carbonyl (C=O) groups is 2. The first kappa shape index (κ1) is 14.5. The highest BCUT2D eigenvalue weighted by atomic mass is 16.2. The van der Waals surface area contributed by atoms with Gasteiger partial charge in [-0.05, 0) is 30.0 Å². The quantitative estimate of drug-likeness (QED) is 0.804. The third-order valence-corrected chi connectivity index (χ3v) is 3.55. The summed E-state index contributed by atoms with van der Waals surface area (Å²) in [4.78, 5) is 25.3. The van der Waals surface area contributed by atoms with Crippen LogP contribution in [0.2, 0.25) is 0 Å². The molecule has 1 saturated heterocycles. The summed E-state index contributed by atoms with van der Waals surface area (Å²) in [5.41, 5.74) is 7.45. The highest BCUT2D eigenvalue weighted by Gasteiger charge is 2.38. The molecule has 3 amide bonds. The Kier molecular flexibility index (Phi) is 4.39. The number of nitrogens with two attached hydrogens (primary N) is 1. The molecule has 0 aromatic heterocycles. The monoisotopic (exact) mass is 275 g/mol. The number of imide groups is 1. The summed E-state index contributed by atoms with van der Waals surface area (Å²) in [7, 11) is 0. The van der Waals surface area contributed by atoms with Gasteiger partial charge in [0.2, 0.25) is 0 Å². The van der Waals surface area contributed by atoms with Crippen molar-refractivity contribution in [2.45, 2.75) is 32.2 Å². The van der Waals surface area contributed by atoms with E-state index >= 15 is 0 Å². The Bertz CT molecular complexity index is 496. The van der Waals surface area contributed by atoms with E-state index in [9.17, 15) is 9.59 Å². The van der Waals surface area contributed by atoms with Crippen molar-refractivity contribution in [3.63, 3.8) is 0 Å². The maximum absolute atomic E-state index is 12.2. The Morgan fingerprint density at radius 1 is 1.25 bits per heavy atom. The maximum Gasteiger partial charge on any atom is 0.325 e. The molecule has 1 aliphatic heterocycles. The van der Waals surface area contributed by atoms with Gasteiger partial charge >= 0.3 is 6.03 Å². The first-order valence-corrected chi connectivity index (χ1v) is 6.96. The van der Waals surface area contributed by atoms with Crippen LogP contribution in [0.25, 0.3) is 0 Å². The molecule has 1 atom stereocenters. The Morgan fingerprint density at radius 2 is 1.90 bits per heavy atom. The number of rotatable bonds is 5. The molecule has 0 radical (unpaired) electrons. The van der Waals surface area contributed by atoms with Gasteiger partial charge in [-0.15, -0.1) is 0 Å². The minimum Gasteiger partial charge on any atom is -0.330 e. The van der Waals surface area contributed by atoms with E-state index in [2.05, 4.69) is 19.2 Å². The Labute approximate surface area is 119 Å². The van der Waals surface area contributed by atoms with Gasteiger partial charge in [0.25, 0.3) is 5.91 Å². The molecule has 1 heterocycles. The molecule has 5 heteroatoms. The number of urea groups is 1. The van der Waals surface area contributed by atoms with Gasteiger partial charge < -0.3 is 11.1 Å². The molecule has 0 spiro atoms. The van der Waals surface area contributed by atoms with Crippen molar-refractivity contribution in [2.75, 3.05) is 13.1 Å². The fourth-order valence-corrected chi connectivity index (χ4v) is 2.28. The van der Waals surface area contributed by atoms with E-state index in [1.165, 1.54) is 10.5 Å². The average molecular weight is 275 g/mol. The standard InChI is InChI=1S/C15H21N3O2/c1-10(2)11-4-6-12(7-5-11)13-14(19)18(9-3-8-16)15(20)17-13/h4-7,10,13H,3,8-9,16H2,1-2H3,(H,17,20). The van der Waals surface area contributed by atoms with E-state index in [1.54, 1.807) is 0 Å². The summed E-state index contributed by atoms with van der Waals surface area (Å²) in [6.45, 7) is 5.07. The van der Waals surface area contributed by atoms with Gasteiger partial charge in [0.05, 0.1) is 0 Å². The Morgan fingerprint density at radius 3 is 2.45 bits per heavy atom. The minimum atomic E-state index is -0.568. The molecule has 5 nitrogen and oxygen atoms in total. The first-order valence-electron chi connectivity index (χ1n) is 6.96. The highest BCUT2D eigenvalue weighted by Crippen LogP contribution is 2.24. The molecule has 1 aromatic rings. The second kappa shape index (κ2) is 6.05. The van der Waals surface area contributed by atoms with Crippen molar-refractivity contribution in [1.82, 2.24) is 10.2 Å². The van der Waals surface area contributed by atoms with Crippen molar-refractivity contribution in [3.05, 3.63) is 35.4 Å². The topological polar surface area (TPSA) is 75.4 Å². The normalized spacial score (nSPS) is 18.8. The second-order valence-electron chi connectivity index (χ2n) is 5.34. The molecule has 1 fully saturated rings. The van der Waals surface area contributed by atoms with Gasteiger partial charge in [-0.3, -0.25) is 9.69 Å². The minimum absolute atomic E-state index is 0.194. The van der Waals surface area contributed by atoms with E-state index in [-0.39, 0.29) is 11.9 Å². The van der Waals surface area contributed by atoms with Crippen LogP contribution in [0.15, 0.2) is 24.3 Å². The smallest absolute Gasteiger partial charge is 0.325 e. The Balaban J connectivity index is 2.13. The SMILES string of the molecule is CC(C)c1ccc(C2NC(=O)N(CCCN)C2=O)cc1. The lowest BCUT2D eigenvalue weighted by Gasteiger charge is -2.13. The molecule has 1 aromatic carbocycles. The van der Waals surface area contributed by atoms with Crippen molar-refractivity contribution >= 4 is 11.9 Å². The van der Waals surface area contributed by atoms with Crippen LogP contribution in [0, 0.1) is 0 Å². The van der Waals surface area contributed by atoms with E-state index < -0.39 is 6.04 Å². The van der Waals surface area contributed by atoms with E-state index in [0.717, 1.165) is 5.56 Å². The third kappa shape index (κ3) is 2.82. The summed E-state index contributed by atoms with van der Waals surface area (Å²) in [6, 6.07) is 6.92. The van der Waals surface area contributed by atoms with Crippen LogP contribution >= 0.6 is 0 Å². The number of amides is 3. The highest BCUT2D eigenvalue weighted by molar-refractivity contribution is 6.04. The summed E-state index contributed by atoms with van der Waals surface area (Å²) in [6.07, 6.45) is 0.623. The van der Waals surface area contributed by atoms with E-state index in [0.29, 0.717) is 25.4 Å². The molecule has 3 N–H and O–H groups in total. The number of carbonyl (C=O) groups excluding carboxylic acids is 2. The van der Waals surface area contributed by atoms with Crippen molar-refractivity contribution in [3.8, 4) is 0 Å². The lowest BCUT2D eigenvalue weighted by Crippen LogP contribution is -2.32. The first-order chi connectivity index (χ1) is 9.54. The molecule has 0 aliphatic carbocycles. The van der Waals surface area contributed by atoms with Crippen LogP contribution in [0.5, 0.6) is 0 Å². The lowest BCUT2D eigenvalue weighted by atomic mass is 9.99. The number of hydrogen-bond donors (Lipinski definition) is 2. The molecule has 20 heavy (non-hydrogen) atoms. The predicted octanol–water partition coefficient (Wildman–Crippen LogP) is 1.75. The molecule has 0 saturated carbocycles. The van der Waals surface area contributed by atoms with E-state index in [1.807, 2.05) is 24.3 Å². The fraction of sp³-hybridized carbons (Fsp3) is 0.467. The predicted molar refractivity (Wildman–Crippen MR) is 77.2 cm³/mol. The van der Waals surface area contributed by atoms with Crippen LogP contribution in [0.1, 0.15) is 43.4 Å². The summed E-state index contributed by atoms with van der Waals surface area (Å²) in [5, 5.41) is 2.72. The Hall–Kier alpha value is -1.88. The zero-order valence-corrected chi connectivity index (χ0v) is 11.9. The van der Waals surface area contributed by atoms with E-state index in [4.69, 9.17) is 5.73 Å². The molecule has 108 valence electrons. The largest absolute Gasteiger partial charge is 0.330 e. The van der Waals surface area contributed by atoms with Gasteiger partial charge in [0, 0.05) is 6.54 Å². The maximum atomic E-state index is 12.2. The summed E-state index contributed by atoms with van der Waals surface area (Å²) >= 11 is 0.